The van der Waals surface area contributed by atoms with Crippen LogP contribution in [0, 0.1) is 5.41 Å². The van der Waals surface area contributed by atoms with Gasteiger partial charge in [0.25, 0.3) is 0 Å². The van der Waals surface area contributed by atoms with Crippen LogP contribution in [0.3, 0.4) is 0 Å². The van der Waals surface area contributed by atoms with Crippen LogP contribution < -0.4 is 5.32 Å². The van der Waals surface area contributed by atoms with E-state index in [9.17, 15) is 9.59 Å². The topological polar surface area (TPSA) is 58.6 Å². The van der Waals surface area contributed by atoms with Gasteiger partial charge in [0.2, 0.25) is 5.91 Å². The van der Waals surface area contributed by atoms with E-state index in [1.165, 1.54) is 25.0 Å². The molecule has 3 rings (SSSR count). The van der Waals surface area contributed by atoms with Crippen molar-refractivity contribution in [1.29, 1.82) is 0 Å². The molecule has 160 valence electrons. The zero-order valence-corrected chi connectivity index (χ0v) is 18.0. The Morgan fingerprint density at radius 3 is 2.23 bits per heavy atom. The molecule has 1 aliphatic heterocycles. The minimum Gasteiger partial charge on any atom is -0.465 e. The number of amides is 1. The highest BCUT2D eigenvalue weighted by Gasteiger charge is 2.35. The molecule has 0 radical (unpaired) electrons. The molecule has 30 heavy (non-hydrogen) atoms. The lowest BCUT2D eigenvalue weighted by atomic mass is 9.74. The lowest BCUT2D eigenvalue weighted by Crippen LogP contribution is -2.42. The van der Waals surface area contributed by atoms with Crippen molar-refractivity contribution in [3.05, 3.63) is 65.7 Å². The van der Waals surface area contributed by atoms with Crippen molar-refractivity contribution in [3.63, 3.8) is 0 Å². The van der Waals surface area contributed by atoms with E-state index in [1.54, 1.807) is 0 Å². The molecule has 1 aliphatic rings. The van der Waals surface area contributed by atoms with E-state index in [1.807, 2.05) is 18.2 Å². The second-order valence-electron chi connectivity index (χ2n) is 8.42. The number of hydrogen-bond donors (Lipinski definition) is 1. The lowest BCUT2D eigenvalue weighted by Gasteiger charge is -2.41. The Morgan fingerprint density at radius 2 is 1.63 bits per heavy atom. The largest absolute Gasteiger partial charge is 0.465 e. The smallest absolute Gasteiger partial charge is 0.302 e. The molecule has 5 nitrogen and oxygen atoms in total. The number of hydrogen-bond acceptors (Lipinski definition) is 4. The van der Waals surface area contributed by atoms with Crippen molar-refractivity contribution < 1.29 is 14.3 Å². The normalized spacial score (nSPS) is 16.1. The van der Waals surface area contributed by atoms with Gasteiger partial charge >= 0.3 is 5.97 Å². The molecule has 0 aliphatic carbocycles. The number of esters is 1. The van der Waals surface area contributed by atoms with Crippen LogP contribution in [0.15, 0.2) is 54.6 Å². The molecule has 0 atom stereocenters. The molecule has 0 spiro atoms. The number of carbonyl (C=O) groups excluding carboxylic acids is 2. The van der Waals surface area contributed by atoms with E-state index < -0.39 is 0 Å². The first-order valence-electron chi connectivity index (χ1n) is 10.7. The maximum Gasteiger partial charge on any atom is 0.302 e. The predicted octanol–water partition coefficient (Wildman–Crippen LogP) is 4.42. The van der Waals surface area contributed by atoms with E-state index in [-0.39, 0.29) is 17.3 Å². The van der Waals surface area contributed by atoms with Gasteiger partial charge in [0.1, 0.15) is 0 Å². The number of anilines is 1. The number of carbonyl (C=O) groups is 2. The highest BCUT2D eigenvalue weighted by molar-refractivity contribution is 5.88. The van der Waals surface area contributed by atoms with Gasteiger partial charge in [-0.05, 0) is 62.0 Å². The summed E-state index contributed by atoms with van der Waals surface area (Å²) in [5.41, 5.74) is 3.45. The third-order valence-electron chi connectivity index (χ3n) is 5.97. The molecule has 2 aromatic carbocycles. The summed E-state index contributed by atoms with van der Waals surface area (Å²) in [6, 6.07) is 18.6. The maximum absolute atomic E-state index is 11.4. The molecule has 2 aromatic rings. The van der Waals surface area contributed by atoms with Crippen LogP contribution in [0.4, 0.5) is 5.69 Å². The lowest BCUT2D eigenvalue weighted by molar-refractivity contribution is -0.146. The van der Waals surface area contributed by atoms with Crippen molar-refractivity contribution in [1.82, 2.24) is 4.90 Å². The fraction of sp³-hybridized carbons (Fsp3) is 0.440. The zero-order valence-electron chi connectivity index (χ0n) is 18.0. The van der Waals surface area contributed by atoms with Gasteiger partial charge in [-0.15, -0.1) is 0 Å². The van der Waals surface area contributed by atoms with Gasteiger partial charge in [-0.1, -0.05) is 42.5 Å². The molecule has 1 amide bonds. The number of nitrogens with one attached hydrogen (secondary N) is 1. The van der Waals surface area contributed by atoms with Crippen molar-refractivity contribution in [2.75, 3.05) is 25.0 Å². The van der Waals surface area contributed by atoms with E-state index in [2.05, 4.69) is 46.6 Å². The van der Waals surface area contributed by atoms with Crippen LogP contribution in [0.25, 0.3) is 0 Å². The molecule has 0 saturated carbocycles. The van der Waals surface area contributed by atoms with Gasteiger partial charge in [-0.2, -0.15) is 0 Å². The molecule has 1 N–H and O–H groups in total. The first-order chi connectivity index (χ1) is 14.4. The SMILES string of the molecule is CC(=O)Nc1ccc(CN2CCC(CCc3ccccc3)(COC(C)=O)CC2)cc1. The van der Waals surface area contributed by atoms with E-state index in [4.69, 9.17) is 4.74 Å². The summed E-state index contributed by atoms with van der Waals surface area (Å²) in [6.45, 7) is 6.39. The monoisotopic (exact) mass is 408 g/mol. The minimum atomic E-state index is -0.198. The average Bonchev–Trinajstić information content (AvgIpc) is 2.74. The summed E-state index contributed by atoms with van der Waals surface area (Å²) in [5.74, 6) is -0.255. The Labute approximate surface area is 179 Å². The summed E-state index contributed by atoms with van der Waals surface area (Å²) in [5, 5.41) is 2.80. The van der Waals surface area contributed by atoms with Crippen LogP contribution in [-0.4, -0.2) is 36.5 Å². The Morgan fingerprint density at radius 1 is 0.967 bits per heavy atom. The highest BCUT2D eigenvalue weighted by atomic mass is 16.5. The van der Waals surface area contributed by atoms with Crippen LogP contribution in [0.2, 0.25) is 0 Å². The quantitative estimate of drug-likeness (QED) is 0.657. The standard InChI is InChI=1S/C25H32N2O3/c1-20(28)26-24-10-8-23(9-11-24)18-27-16-14-25(15-17-27,19-30-21(2)29)13-12-22-6-4-3-5-7-22/h3-11H,12-19H2,1-2H3,(H,26,28). The molecule has 0 bridgehead atoms. The number of ether oxygens (including phenoxy) is 1. The Hall–Kier alpha value is -2.66. The highest BCUT2D eigenvalue weighted by Crippen LogP contribution is 2.37. The van der Waals surface area contributed by atoms with Crippen LogP contribution in [0.1, 0.15) is 44.2 Å². The fourth-order valence-electron chi connectivity index (χ4n) is 4.12. The van der Waals surface area contributed by atoms with Gasteiger partial charge in [-0.3, -0.25) is 14.5 Å². The van der Waals surface area contributed by atoms with E-state index in [0.29, 0.717) is 6.61 Å². The number of rotatable bonds is 8. The van der Waals surface area contributed by atoms with Gasteiger partial charge in [0.05, 0.1) is 6.61 Å². The second-order valence-corrected chi connectivity index (χ2v) is 8.42. The molecular weight excluding hydrogens is 376 g/mol. The number of benzene rings is 2. The molecule has 0 aromatic heterocycles. The Bertz CT molecular complexity index is 825. The third-order valence-corrected chi connectivity index (χ3v) is 5.97. The molecule has 1 saturated heterocycles. The van der Waals surface area contributed by atoms with Crippen molar-refractivity contribution in [3.8, 4) is 0 Å². The Kier molecular flexibility index (Phi) is 7.63. The molecule has 5 heteroatoms. The number of nitrogens with zero attached hydrogens (tertiary/aromatic N) is 1. The van der Waals surface area contributed by atoms with E-state index in [0.717, 1.165) is 51.0 Å². The first kappa shape index (κ1) is 22.0. The van der Waals surface area contributed by atoms with Gasteiger partial charge in [0, 0.05) is 31.5 Å². The van der Waals surface area contributed by atoms with Crippen LogP contribution >= 0.6 is 0 Å². The van der Waals surface area contributed by atoms with Crippen molar-refractivity contribution >= 4 is 17.6 Å². The number of aryl methyl sites for hydroxylation is 1. The maximum atomic E-state index is 11.4. The third kappa shape index (κ3) is 6.70. The Balaban J connectivity index is 1.56. The summed E-state index contributed by atoms with van der Waals surface area (Å²) in [7, 11) is 0. The van der Waals surface area contributed by atoms with Crippen molar-refractivity contribution in [2.24, 2.45) is 5.41 Å². The van der Waals surface area contributed by atoms with Crippen LogP contribution in [0.5, 0.6) is 0 Å². The summed E-state index contributed by atoms with van der Waals surface area (Å²) in [6.07, 6.45) is 4.09. The average molecular weight is 409 g/mol. The van der Waals surface area contributed by atoms with Gasteiger partial charge < -0.3 is 10.1 Å². The number of likely N-dealkylation sites (tertiary alicyclic amines) is 1. The molecule has 1 heterocycles. The minimum absolute atomic E-state index is 0.0489. The fourth-order valence-corrected chi connectivity index (χ4v) is 4.12. The molecule has 1 fully saturated rings. The summed E-state index contributed by atoms with van der Waals surface area (Å²) in [4.78, 5) is 25.1. The zero-order chi connectivity index (χ0) is 21.4. The molecular formula is C25H32N2O3. The number of piperidine rings is 1. The second kappa shape index (κ2) is 10.4. The summed E-state index contributed by atoms with van der Waals surface area (Å²) < 4.78 is 5.48. The predicted molar refractivity (Wildman–Crippen MR) is 119 cm³/mol. The van der Waals surface area contributed by atoms with Gasteiger partial charge in [0.15, 0.2) is 0 Å². The molecule has 0 unspecified atom stereocenters. The van der Waals surface area contributed by atoms with Crippen LogP contribution in [-0.2, 0) is 27.3 Å². The van der Waals surface area contributed by atoms with Crippen molar-refractivity contribution in [2.45, 2.75) is 46.1 Å². The van der Waals surface area contributed by atoms with E-state index >= 15 is 0 Å². The summed E-state index contributed by atoms with van der Waals surface area (Å²) >= 11 is 0. The van der Waals surface area contributed by atoms with Gasteiger partial charge in [-0.25, -0.2) is 0 Å². The first-order valence-corrected chi connectivity index (χ1v) is 10.7.